The Morgan fingerprint density at radius 1 is 1.08 bits per heavy atom. The number of hydrogen-bond donors (Lipinski definition) is 2. The summed E-state index contributed by atoms with van der Waals surface area (Å²) in [5.74, 6) is -0.410. The van der Waals surface area contributed by atoms with Crippen LogP contribution < -0.4 is 10.6 Å². The van der Waals surface area contributed by atoms with Crippen molar-refractivity contribution >= 4 is 28.7 Å². The summed E-state index contributed by atoms with van der Waals surface area (Å²) in [6.45, 7) is 5.78. The maximum Gasteiger partial charge on any atom is 0.259 e. The third-order valence-electron chi connectivity index (χ3n) is 6.59. The van der Waals surface area contributed by atoms with Gasteiger partial charge in [0.2, 0.25) is 5.91 Å². The number of fused-ring (bicyclic) bond motifs is 1. The zero-order valence-electron chi connectivity index (χ0n) is 20.6. The molecule has 2 N–H and O–H groups in total. The fraction of sp³-hybridized carbons (Fsp3) is 0.360. The zero-order valence-corrected chi connectivity index (χ0v) is 20.6. The van der Waals surface area contributed by atoms with Crippen LogP contribution in [0.25, 0.3) is 16.8 Å². The average Bonchev–Trinajstić information content (AvgIpc) is 3.59. The molecular formula is C25H29N9O2. The molecule has 1 fully saturated rings. The number of aryl methyl sites for hydroxylation is 2. The molecule has 1 atom stereocenters. The van der Waals surface area contributed by atoms with Gasteiger partial charge < -0.3 is 15.5 Å². The van der Waals surface area contributed by atoms with Crippen LogP contribution in [-0.2, 0) is 11.8 Å². The van der Waals surface area contributed by atoms with Gasteiger partial charge in [-0.1, -0.05) is 0 Å². The van der Waals surface area contributed by atoms with Crippen LogP contribution in [0.3, 0.4) is 0 Å². The van der Waals surface area contributed by atoms with E-state index in [9.17, 15) is 9.59 Å². The lowest BCUT2D eigenvalue weighted by atomic mass is 10.2. The maximum absolute atomic E-state index is 13.1. The number of hydrogen-bond acceptors (Lipinski definition) is 7. The molecule has 0 saturated carbocycles. The Kier molecular flexibility index (Phi) is 6.47. The molecule has 0 unspecified atom stereocenters. The summed E-state index contributed by atoms with van der Waals surface area (Å²) in [5, 5.41) is 14.3. The van der Waals surface area contributed by atoms with Gasteiger partial charge in [-0.3, -0.25) is 24.2 Å². The molecule has 2 amide bonds. The number of carbonyl (C=O) groups excluding carboxylic acids is 2. The molecule has 4 aromatic heterocycles. The average molecular weight is 488 g/mol. The first-order chi connectivity index (χ1) is 17.4. The van der Waals surface area contributed by atoms with Gasteiger partial charge in [0.05, 0.1) is 64.8 Å². The lowest BCUT2D eigenvalue weighted by Crippen LogP contribution is -2.30. The van der Waals surface area contributed by atoms with Crippen molar-refractivity contribution in [3.63, 3.8) is 0 Å². The van der Waals surface area contributed by atoms with E-state index in [0.717, 1.165) is 18.7 Å². The Balaban J connectivity index is 1.27. The normalized spacial score (nSPS) is 15.9. The summed E-state index contributed by atoms with van der Waals surface area (Å²) in [5.41, 5.74) is 4.22. The van der Waals surface area contributed by atoms with Gasteiger partial charge >= 0.3 is 0 Å². The molecule has 5 rings (SSSR count). The predicted molar refractivity (Wildman–Crippen MR) is 136 cm³/mol. The molecule has 1 aliphatic rings. The van der Waals surface area contributed by atoms with Crippen LogP contribution in [0.4, 0.5) is 11.4 Å². The Labute approximate surface area is 208 Å². The van der Waals surface area contributed by atoms with Crippen molar-refractivity contribution in [3.8, 4) is 11.3 Å². The van der Waals surface area contributed by atoms with E-state index in [1.807, 2.05) is 13.2 Å². The van der Waals surface area contributed by atoms with Gasteiger partial charge in [-0.25, -0.2) is 4.52 Å². The van der Waals surface area contributed by atoms with E-state index in [4.69, 9.17) is 0 Å². The number of anilines is 2. The van der Waals surface area contributed by atoms with Crippen molar-refractivity contribution in [1.29, 1.82) is 0 Å². The Hall–Kier alpha value is -4.12. The third-order valence-corrected chi connectivity index (χ3v) is 6.59. The van der Waals surface area contributed by atoms with Gasteiger partial charge in [-0.2, -0.15) is 10.2 Å². The number of nitrogens with zero attached hydrogens (tertiary/aromatic N) is 7. The number of aromatic nitrogens is 6. The molecule has 0 bridgehead atoms. The molecular weight excluding hydrogens is 458 g/mol. The second-order valence-corrected chi connectivity index (χ2v) is 9.20. The second-order valence-electron chi connectivity index (χ2n) is 9.20. The monoisotopic (exact) mass is 487 g/mol. The van der Waals surface area contributed by atoms with Crippen LogP contribution in [0.5, 0.6) is 0 Å². The molecule has 0 radical (unpaired) electrons. The van der Waals surface area contributed by atoms with Crippen molar-refractivity contribution in [2.75, 3.05) is 23.7 Å². The number of carbonyl (C=O) groups is 2. The van der Waals surface area contributed by atoms with E-state index in [1.165, 1.54) is 19.0 Å². The number of amides is 2. The standard InChI is InChI=1S/C25H29N9O2/c1-16-5-4-7-33(16)8-6-24(35)30-19-9-21(17(2)26-11-19)31-25(36)20-12-29-34-15-22(27-13-23(20)34)18-10-28-32(3)14-18/h9-16H,4-8H2,1-3H3,(H,30,35)(H,31,36)/t16-/m0/s1. The van der Waals surface area contributed by atoms with Gasteiger partial charge in [-0.15, -0.1) is 0 Å². The second kappa shape index (κ2) is 9.86. The highest BCUT2D eigenvalue weighted by molar-refractivity contribution is 6.09. The number of pyridine rings is 1. The Bertz CT molecular complexity index is 1420. The highest BCUT2D eigenvalue weighted by Crippen LogP contribution is 2.22. The number of rotatable bonds is 7. The van der Waals surface area contributed by atoms with Crippen molar-refractivity contribution in [1.82, 2.24) is 34.3 Å². The lowest BCUT2D eigenvalue weighted by molar-refractivity contribution is -0.116. The topological polar surface area (TPSA) is 122 Å². The van der Waals surface area contributed by atoms with Crippen molar-refractivity contribution in [2.24, 2.45) is 7.05 Å². The summed E-state index contributed by atoms with van der Waals surface area (Å²) in [4.78, 5) is 36.7. The lowest BCUT2D eigenvalue weighted by Gasteiger charge is -2.20. The van der Waals surface area contributed by atoms with E-state index in [1.54, 1.807) is 47.0 Å². The van der Waals surface area contributed by atoms with Crippen LogP contribution in [0.15, 0.2) is 43.2 Å². The number of nitrogens with one attached hydrogen (secondary N) is 2. The zero-order chi connectivity index (χ0) is 25.2. The van der Waals surface area contributed by atoms with Crippen LogP contribution in [0, 0.1) is 6.92 Å². The molecule has 11 heteroatoms. The maximum atomic E-state index is 13.1. The van der Waals surface area contributed by atoms with Crippen LogP contribution in [0.1, 0.15) is 42.2 Å². The van der Waals surface area contributed by atoms with Crippen molar-refractivity contribution in [3.05, 3.63) is 54.5 Å². The molecule has 0 aliphatic carbocycles. The fourth-order valence-electron chi connectivity index (χ4n) is 4.47. The minimum atomic E-state index is -0.336. The van der Waals surface area contributed by atoms with E-state index in [-0.39, 0.29) is 11.8 Å². The SMILES string of the molecule is Cc1ncc(NC(=O)CCN2CCC[C@@H]2C)cc1NC(=O)c1cnn2cc(-c3cnn(C)c3)ncc12. The van der Waals surface area contributed by atoms with E-state index >= 15 is 0 Å². The van der Waals surface area contributed by atoms with Crippen LogP contribution in [0.2, 0.25) is 0 Å². The first kappa shape index (κ1) is 23.6. The summed E-state index contributed by atoms with van der Waals surface area (Å²) >= 11 is 0. The summed E-state index contributed by atoms with van der Waals surface area (Å²) in [6.07, 6.45) is 12.8. The minimum absolute atomic E-state index is 0.0739. The fourth-order valence-corrected chi connectivity index (χ4v) is 4.47. The van der Waals surface area contributed by atoms with Gasteiger partial charge in [0.15, 0.2) is 0 Å². The van der Waals surface area contributed by atoms with Gasteiger partial charge in [-0.05, 0) is 39.3 Å². The molecule has 1 aliphatic heterocycles. The van der Waals surface area contributed by atoms with E-state index in [2.05, 4.69) is 42.6 Å². The molecule has 36 heavy (non-hydrogen) atoms. The quantitative estimate of drug-likeness (QED) is 0.411. The molecule has 5 heterocycles. The Morgan fingerprint density at radius 3 is 2.69 bits per heavy atom. The molecule has 0 spiro atoms. The highest BCUT2D eigenvalue weighted by Gasteiger charge is 2.21. The van der Waals surface area contributed by atoms with Gasteiger partial charge in [0.25, 0.3) is 5.91 Å². The largest absolute Gasteiger partial charge is 0.325 e. The molecule has 11 nitrogen and oxygen atoms in total. The van der Waals surface area contributed by atoms with E-state index < -0.39 is 0 Å². The summed E-state index contributed by atoms with van der Waals surface area (Å²) in [7, 11) is 1.84. The molecule has 186 valence electrons. The van der Waals surface area contributed by atoms with Crippen molar-refractivity contribution < 1.29 is 9.59 Å². The third kappa shape index (κ3) is 4.96. The molecule has 4 aromatic rings. The van der Waals surface area contributed by atoms with Crippen molar-refractivity contribution in [2.45, 2.75) is 39.2 Å². The first-order valence-electron chi connectivity index (χ1n) is 12.0. The first-order valence-corrected chi connectivity index (χ1v) is 12.0. The minimum Gasteiger partial charge on any atom is -0.325 e. The smallest absolute Gasteiger partial charge is 0.259 e. The summed E-state index contributed by atoms with van der Waals surface area (Å²) < 4.78 is 3.32. The van der Waals surface area contributed by atoms with Gasteiger partial charge in [0, 0.05) is 37.8 Å². The molecule has 0 aromatic carbocycles. The van der Waals surface area contributed by atoms with E-state index in [0.29, 0.717) is 46.3 Å². The summed E-state index contributed by atoms with van der Waals surface area (Å²) in [6, 6.07) is 2.25. The predicted octanol–water partition coefficient (Wildman–Crippen LogP) is 2.90. The molecule has 1 saturated heterocycles. The van der Waals surface area contributed by atoms with Crippen LogP contribution >= 0.6 is 0 Å². The van der Waals surface area contributed by atoms with Crippen LogP contribution in [-0.4, -0.2) is 65.2 Å². The van der Waals surface area contributed by atoms with Gasteiger partial charge in [0.1, 0.15) is 0 Å². The number of likely N-dealkylation sites (tertiary alicyclic amines) is 1. The highest BCUT2D eigenvalue weighted by atomic mass is 16.2. The Morgan fingerprint density at radius 2 is 1.94 bits per heavy atom.